The van der Waals surface area contributed by atoms with E-state index in [4.69, 9.17) is 0 Å². The summed E-state index contributed by atoms with van der Waals surface area (Å²) < 4.78 is 28.8. The minimum absolute atomic E-state index is 0.230. The Labute approximate surface area is 141 Å². The second kappa shape index (κ2) is 6.37. The molecule has 4 nitrogen and oxygen atoms in total. The fraction of sp³-hybridized carbons (Fsp3) is 0.143. The molecule has 1 N–H and O–H groups in total. The number of hydrogen-bond acceptors (Lipinski definition) is 3. The fourth-order valence-electron chi connectivity index (χ4n) is 1.87. The van der Waals surface area contributed by atoms with E-state index >= 15 is 0 Å². The van der Waals surface area contributed by atoms with Gasteiger partial charge in [-0.3, -0.25) is 4.72 Å². The lowest BCUT2D eigenvalue weighted by Gasteiger charge is -2.18. The summed E-state index contributed by atoms with van der Waals surface area (Å²) in [5.74, 6) is 0. The molecule has 7 heteroatoms. The van der Waals surface area contributed by atoms with Crippen LogP contribution in [-0.2, 0) is 10.0 Å². The third kappa shape index (κ3) is 3.78. The molecule has 0 spiro atoms. The largest absolute Gasteiger partial charge is 0.376 e. The number of hydrogen-bond donors (Lipinski definition) is 1. The lowest BCUT2D eigenvalue weighted by Crippen LogP contribution is -2.14. The van der Waals surface area contributed by atoms with E-state index in [2.05, 4.69) is 36.6 Å². The van der Waals surface area contributed by atoms with Gasteiger partial charge in [-0.15, -0.1) is 0 Å². The Morgan fingerprint density at radius 3 is 2.00 bits per heavy atom. The molecule has 0 aliphatic heterocycles. The maximum Gasteiger partial charge on any atom is 0.261 e. The average Bonchev–Trinajstić information content (AvgIpc) is 2.37. The number of halogens is 2. The molecule has 2 rings (SSSR count). The molecule has 112 valence electrons. The molecule has 0 amide bonds. The van der Waals surface area contributed by atoms with Crippen molar-refractivity contribution in [3.63, 3.8) is 0 Å². The summed E-state index contributed by atoms with van der Waals surface area (Å²) in [4.78, 5) is 2.16. The third-order valence-electron chi connectivity index (χ3n) is 2.77. The van der Waals surface area contributed by atoms with Crippen LogP contribution in [0.25, 0.3) is 0 Å². The Morgan fingerprint density at radius 2 is 1.52 bits per heavy atom. The SMILES string of the molecule is CN(C)c1c(Br)cc(NS(=O)(=O)c2ccccc2)cc1Br. The molecule has 0 saturated heterocycles. The highest BCUT2D eigenvalue weighted by molar-refractivity contribution is 9.11. The summed E-state index contributed by atoms with van der Waals surface area (Å²) in [5, 5.41) is 0. The van der Waals surface area contributed by atoms with Crippen LogP contribution in [0, 0.1) is 0 Å². The normalized spacial score (nSPS) is 11.2. The van der Waals surface area contributed by atoms with Crippen LogP contribution in [0.2, 0.25) is 0 Å². The number of sulfonamides is 1. The van der Waals surface area contributed by atoms with Gasteiger partial charge in [0.15, 0.2) is 0 Å². The molecular weight excluding hydrogens is 420 g/mol. The molecular formula is C14H14Br2N2O2S. The second-order valence-corrected chi connectivity index (χ2v) is 7.99. The predicted octanol–water partition coefficient (Wildman–Crippen LogP) is 4.08. The smallest absolute Gasteiger partial charge is 0.261 e. The van der Waals surface area contributed by atoms with Crippen molar-refractivity contribution in [2.24, 2.45) is 0 Å². The van der Waals surface area contributed by atoms with E-state index in [1.54, 1.807) is 42.5 Å². The monoisotopic (exact) mass is 432 g/mol. The molecule has 0 aliphatic carbocycles. The quantitative estimate of drug-likeness (QED) is 0.790. The Hall–Kier alpha value is -1.05. The van der Waals surface area contributed by atoms with Crippen LogP contribution in [0.15, 0.2) is 56.3 Å². The maximum atomic E-state index is 12.3. The van der Waals surface area contributed by atoms with Crippen LogP contribution in [0.4, 0.5) is 11.4 Å². The van der Waals surface area contributed by atoms with Crippen molar-refractivity contribution in [1.82, 2.24) is 0 Å². The van der Waals surface area contributed by atoms with Crippen molar-refractivity contribution in [3.05, 3.63) is 51.4 Å². The van der Waals surface area contributed by atoms with Gasteiger partial charge in [0.2, 0.25) is 0 Å². The van der Waals surface area contributed by atoms with Gasteiger partial charge >= 0.3 is 0 Å². The minimum Gasteiger partial charge on any atom is -0.376 e. The fourth-order valence-corrected chi connectivity index (χ4v) is 4.82. The highest BCUT2D eigenvalue weighted by Gasteiger charge is 2.16. The number of benzene rings is 2. The van der Waals surface area contributed by atoms with E-state index in [0.29, 0.717) is 5.69 Å². The Balaban J connectivity index is 2.37. The summed E-state index contributed by atoms with van der Waals surface area (Å²) in [5.41, 5.74) is 1.43. The summed E-state index contributed by atoms with van der Waals surface area (Å²) in [7, 11) is 0.245. The van der Waals surface area contributed by atoms with Crippen LogP contribution < -0.4 is 9.62 Å². The number of rotatable bonds is 4. The van der Waals surface area contributed by atoms with Crippen molar-refractivity contribution < 1.29 is 8.42 Å². The highest BCUT2D eigenvalue weighted by Crippen LogP contribution is 2.36. The zero-order chi connectivity index (χ0) is 15.6. The van der Waals surface area contributed by atoms with Gasteiger partial charge in [-0.1, -0.05) is 18.2 Å². The van der Waals surface area contributed by atoms with Gasteiger partial charge in [-0.25, -0.2) is 8.42 Å². The molecule has 21 heavy (non-hydrogen) atoms. The predicted molar refractivity (Wildman–Crippen MR) is 93.4 cm³/mol. The van der Waals surface area contributed by atoms with Crippen LogP contribution >= 0.6 is 31.9 Å². The van der Waals surface area contributed by atoms with Crippen molar-refractivity contribution >= 4 is 53.3 Å². The van der Waals surface area contributed by atoms with Gasteiger partial charge in [-0.05, 0) is 56.1 Å². The van der Waals surface area contributed by atoms with Crippen molar-refractivity contribution in [1.29, 1.82) is 0 Å². The van der Waals surface area contributed by atoms with E-state index in [1.807, 2.05) is 19.0 Å². The van der Waals surface area contributed by atoms with E-state index < -0.39 is 10.0 Å². The lowest BCUT2D eigenvalue weighted by molar-refractivity contribution is 0.601. The third-order valence-corrected chi connectivity index (χ3v) is 5.38. The molecule has 0 unspecified atom stereocenters. The molecule has 0 aromatic heterocycles. The van der Waals surface area contributed by atoms with Crippen LogP contribution in [0.1, 0.15) is 0 Å². The summed E-state index contributed by atoms with van der Waals surface area (Å²) in [6.45, 7) is 0. The summed E-state index contributed by atoms with van der Waals surface area (Å²) in [6.07, 6.45) is 0. The maximum absolute atomic E-state index is 12.3. The Kier molecular flexibility index (Phi) is 4.95. The zero-order valence-electron chi connectivity index (χ0n) is 11.5. The molecule has 0 atom stereocenters. The zero-order valence-corrected chi connectivity index (χ0v) is 15.5. The molecule has 0 saturated carbocycles. The van der Waals surface area contributed by atoms with Gasteiger partial charge in [0.05, 0.1) is 16.3 Å². The van der Waals surface area contributed by atoms with Gasteiger partial charge in [0.25, 0.3) is 10.0 Å². The van der Waals surface area contributed by atoms with Gasteiger partial charge in [0, 0.05) is 23.0 Å². The molecule has 0 aliphatic rings. The number of anilines is 2. The molecule has 0 fully saturated rings. The number of nitrogens with zero attached hydrogens (tertiary/aromatic N) is 1. The Morgan fingerprint density at radius 1 is 1.00 bits per heavy atom. The first-order valence-electron chi connectivity index (χ1n) is 6.05. The van der Waals surface area contributed by atoms with Crippen LogP contribution in [0.5, 0.6) is 0 Å². The minimum atomic E-state index is -3.59. The lowest BCUT2D eigenvalue weighted by atomic mass is 10.3. The van der Waals surface area contributed by atoms with E-state index in [9.17, 15) is 8.42 Å². The highest BCUT2D eigenvalue weighted by atomic mass is 79.9. The van der Waals surface area contributed by atoms with Gasteiger partial charge in [0.1, 0.15) is 0 Å². The number of nitrogens with one attached hydrogen (secondary N) is 1. The molecule has 0 radical (unpaired) electrons. The van der Waals surface area contributed by atoms with Crippen molar-refractivity contribution in [2.75, 3.05) is 23.7 Å². The first-order valence-corrected chi connectivity index (χ1v) is 9.12. The van der Waals surface area contributed by atoms with Gasteiger partial charge < -0.3 is 4.90 Å². The van der Waals surface area contributed by atoms with E-state index in [0.717, 1.165) is 14.6 Å². The van der Waals surface area contributed by atoms with E-state index in [1.165, 1.54) is 0 Å². The molecule has 2 aromatic rings. The molecule has 2 aromatic carbocycles. The van der Waals surface area contributed by atoms with Gasteiger partial charge in [-0.2, -0.15) is 0 Å². The average molecular weight is 434 g/mol. The first-order chi connectivity index (χ1) is 9.81. The van der Waals surface area contributed by atoms with Crippen molar-refractivity contribution in [2.45, 2.75) is 4.90 Å². The Bertz CT molecular complexity index is 724. The molecule has 0 heterocycles. The van der Waals surface area contributed by atoms with Crippen LogP contribution in [0.3, 0.4) is 0 Å². The van der Waals surface area contributed by atoms with Crippen molar-refractivity contribution in [3.8, 4) is 0 Å². The standard InChI is InChI=1S/C14H14Br2N2O2S/c1-18(2)14-12(15)8-10(9-13(14)16)17-21(19,20)11-6-4-3-5-7-11/h3-9,17H,1-2H3. The summed E-state index contributed by atoms with van der Waals surface area (Å²) in [6, 6.07) is 11.7. The van der Waals surface area contributed by atoms with E-state index in [-0.39, 0.29) is 4.90 Å². The molecule has 0 bridgehead atoms. The van der Waals surface area contributed by atoms with Crippen LogP contribution in [-0.4, -0.2) is 22.5 Å². The topological polar surface area (TPSA) is 49.4 Å². The second-order valence-electron chi connectivity index (χ2n) is 4.60. The summed E-state index contributed by atoms with van der Waals surface area (Å²) >= 11 is 6.91. The first kappa shape index (κ1) is 16.3.